The Morgan fingerprint density at radius 3 is 1.00 bits per heavy atom. The van der Waals surface area contributed by atoms with Crippen molar-refractivity contribution in [2.24, 2.45) is 0 Å². The van der Waals surface area contributed by atoms with Gasteiger partial charge in [0, 0.05) is 37.9 Å². The Balaban J connectivity index is 0.000000132. The van der Waals surface area contributed by atoms with Crippen molar-refractivity contribution in [1.82, 2.24) is 118 Å². The van der Waals surface area contributed by atoms with Gasteiger partial charge in [-0.2, -0.15) is 29.0 Å². The molecule has 9 aliphatic rings. The third kappa shape index (κ3) is 18.5. The lowest BCUT2D eigenvalue weighted by Gasteiger charge is -2.32. The summed E-state index contributed by atoms with van der Waals surface area (Å²) in [5.74, 6) is 6.53. The summed E-state index contributed by atoms with van der Waals surface area (Å²) in [5.41, 5.74) is 29.6. The molecule has 27 atom stereocenters. The van der Waals surface area contributed by atoms with E-state index in [4.69, 9.17) is 195 Å². The van der Waals surface area contributed by atoms with Crippen molar-refractivity contribution >= 4 is 214 Å². The highest BCUT2D eigenvalue weighted by Crippen LogP contribution is 2.63. The van der Waals surface area contributed by atoms with E-state index in [-0.39, 0.29) is 70.6 Å². The van der Waals surface area contributed by atoms with Crippen LogP contribution in [0.15, 0.2) is 70.2 Å². The molecule has 57 nitrogen and oxygen atoms in total. The number of imidazole rings is 3. The van der Waals surface area contributed by atoms with Gasteiger partial charge in [0.15, 0.2) is 104 Å². The highest BCUT2D eigenvalue weighted by Gasteiger charge is 2.61. The van der Waals surface area contributed by atoms with E-state index in [1.807, 2.05) is 0 Å². The molecule has 12 aromatic rings. The fraction of sp³-hybridized carbons (Fsp3) is 0.455. The number of aromatic amines is 3. The molecule has 9 saturated heterocycles. The molecule has 0 aromatic carbocycles. The highest BCUT2D eigenvalue weighted by molar-refractivity contribution is 8.44. The van der Waals surface area contributed by atoms with Crippen LogP contribution in [0.1, 0.15) is 56.6 Å². The monoisotopic (exact) mass is 2150 g/mol. The number of H-pyrrole nitrogens is 3. The van der Waals surface area contributed by atoms with Crippen LogP contribution < -0.4 is 51.1 Å². The largest absolute Gasteiger partial charge is 0.397 e. The third-order valence-electron chi connectivity index (χ3n) is 22.6. The van der Waals surface area contributed by atoms with Gasteiger partial charge in [-0.1, -0.05) is 45.7 Å². The molecule has 0 amide bonds. The lowest BCUT2D eigenvalue weighted by atomic mass is 9.99. The van der Waals surface area contributed by atoms with Crippen LogP contribution in [0.25, 0.3) is 67.0 Å². The number of ether oxygens (including phenoxy) is 6. The van der Waals surface area contributed by atoms with Crippen molar-refractivity contribution in [3.05, 3.63) is 86.8 Å². The first kappa shape index (κ1) is 97.7. The predicted octanol–water partition coefficient (Wildman–Crippen LogP) is 0.524. The number of thiol groups is 1. The number of alkyl halides is 3. The maximum atomic E-state index is 15.9. The van der Waals surface area contributed by atoms with Crippen LogP contribution in [-0.4, -0.2) is 273 Å². The minimum Gasteiger partial charge on any atom is -0.397 e. The van der Waals surface area contributed by atoms with Gasteiger partial charge < -0.3 is 119 Å². The van der Waals surface area contributed by atoms with Gasteiger partial charge in [0.2, 0.25) is 17.8 Å². The molecular formula is C66H69F3N30O27P6S6. The van der Waals surface area contributed by atoms with Gasteiger partial charge in [-0.15, -0.1) is 34.6 Å². The molecule has 6 unspecified atom stereocenters. The zero-order chi connectivity index (χ0) is 97.8. The lowest BCUT2D eigenvalue weighted by Crippen LogP contribution is -2.43. The quantitative estimate of drug-likeness (QED) is 0.0613. The average molecular weight is 2150 g/mol. The first-order chi connectivity index (χ1) is 65.4. The number of nitrogens with two attached hydrogens (primary N) is 6. The van der Waals surface area contributed by atoms with Crippen molar-refractivity contribution in [2.45, 2.75) is 147 Å². The van der Waals surface area contributed by atoms with E-state index in [0.717, 1.165) is 14.0 Å². The lowest BCUT2D eigenvalue weighted by molar-refractivity contribution is -0.0903. The second-order valence-electron chi connectivity index (χ2n) is 31.2. The molecule has 0 radical (unpaired) electrons. The third-order valence-corrected chi connectivity index (χ3v) is 32.0. The van der Waals surface area contributed by atoms with Crippen molar-refractivity contribution in [3.63, 3.8) is 0 Å². The van der Waals surface area contributed by atoms with E-state index in [0.29, 0.717) is 50.6 Å². The van der Waals surface area contributed by atoms with Crippen molar-refractivity contribution < 1.29 is 125 Å². The van der Waals surface area contributed by atoms with Gasteiger partial charge >= 0.3 is 40.4 Å². The zero-order valence-corrected chi connectivity index (χ0v) is 79.4. The standard InChI is InChI=1S/3C22H23FN10O9P2S2/c3*1-2-22-7-38-44(36,46)42-16-13(23)10(39-20(16)33-18-15(30-31-33)19(34)29-21(25)28-18)6-37-43(35,45)41-11(22)5-12(40-22)32-8-27-14-9(24)3-4-26-17(14)32/h3*1,3-4,8,10-13,16,20H,5-7H2,(H2,24,26)(H,35,45)(H,36,46)(H3,25,28,29,34)/t3*10-,11+,12-,13+,16-,20-,22-,43?,44?/m111/s1. The zero-order valence-electron chi connectivity index (χ0n) is 69.1. The summed E-state index contributed by atoms with van der Waals surface area (Å²) in [6.07, 6.45) is -0.382. The maximum Gasteiger partial charge on any atom is 0.386 e. The fourth-order valence-corrected chi connectivity index (χ4v) is 24.8. The summed E-state index contributed by atoms with van der Waals surface area (Å²) in [4.78, 5) is 137. The Labute approximate surface area is 796 Å². The summed E-state index contributed by atoms with van der Waals surface area (Å²) in [5, 5.41) is 22.8. The number of aromatic nitrogens is 24. The van der Waals surface area contributed by atoms with E-state index in [9.17, 15) is 43.4 Å². The number of pyridine rings is 3. The maximum absolute atomic E-state index is 15.9. The highest BCUT2D eigenvalue weighted by atomic mass is 32.7. The average Bonchev–Trinajstić information content (AvgIpc) is 1.60. The smallest absolute Gasteiger partial charge is 0.386 e. The van der Waals surface area contributed by atoms with Crippen LogP contribution in [-0.2, 0) is 146 Å². The van der Waals surface area contributed by atoms with Gasteiger partial charge in [-0.3, -0.25) is 65.7 Å². The Bertz CT molecular complexity index is 6860. The number of nitrogens with zero attached hydrogens (tertiary/aromatic N) is 21. The molecular weight excluding hydrogens is 2080 g/mol. The van der Waals surface area contributed by atoms with Gasteiger partial charge in [0.1, 0.15) is 90.2 Å². The molecule has 9 aliphatic heterocycles. The van der Waals surface area contributed by atoms with E-state index < -0.39 is 224 Å². The molecule has 0 saturated carbocycles. The fourth-order valence-electron chi connectivity index (χ4n) is 16.2. The first-order valence-electron chi connectivity index (χ1n) is 39.7. The second kappa shape index (κ2) is 36.7. The Morgan fingerprint density at radius 2 is 0.703 bits per heavy atom. The van der Waals surface area contributed by atoms with Crippen LogP contribution >= 0.6 is 52.6 Å². The summed E-state index contributed by atoms with van der Waals surface area (Å²) in [6, 6.07) is 4.74. The molecule has 138 heavy (non-hydrogen) atoms. The van der Waals surface area contributed by atoms with E-state index in [1.165, 1.54) is 37.6 Å². The van der Waals surface area contributed by atoms with Crippen molar-refractivity contribution in [2.75, 3.05) is 74.0 Å². The molecule has 0 aliphatic carbocycles. The molecule has 72 heteroatoms. The number of nitrogen functional groups attached to an aromatic ring is 6. The molecule has 6 bridgehead atoms. The minimum atomic E-state index is -4.39. The summed E-state index contributed by atoms with van der Waals surface area (Å²) in [7, 11) is 0. The van der Waals surface area contributed by atoms with Gasteiger partial charge in [-0.05, 0) is 77.2 Å². The van der Waals surface area contributed by atoms with Crippen molar-refractivity contribution in [1.29, 1.82) is 0 Å². The molecule has 21 heterocycles. The van der Waals surface area contributed by atoms with Gasteiger partial charge in [-0.25, -0.2) is 47.6 Å². The summed E-state index contributed by atoms with van der Waals surface area (Å²) in [6.45, 7) is -29.9. The van der Waals surface area contributed by atoms with Crippen LogP contribution in [0.3, 0.4) is 0 Å². The molecule has 0 spiro atoms. The SMILES string of the molecule is C#C[C@@]12COP(O)(=S)O[C@@H]3[C@@H](F)[C@@H](COP(=O)(S)O[C@H]1C[C@H](n1cnc4c(N)ccnc41)O2)O[C@H]3n1nnc2c(=O)[nH]c(N)nc21.C#C[C@@]12COP(O)(=S)O[C@@H]3[C@@H](F)[C@@H](COP(O)(=S)O[C@H]1C[C@H](n1cnc4c(N)ccnc41)O2)O[C@H]3n1nnc2c(=O)[nH]c(N)nc21.C#C[C@@]12COP(O)(=S)O[C@@H]3[C@@H](F)[C@@H](COP(O)(=S)O[C@H]1C[C@H](n1cnc4c(N)ccnc41)O2)O[C@H]3n1nnc2c(=O)[nH]c(N)nc21. The predicted molar refractivity (Wildman–Crippen MR) is 486 cm³/mol. The van der Waals surface area contributed by atoms with E-state index in [1.54, 1.807) is 31.9 Å². The molecule has 9 fully saturated rings. The molecule has 732 valence electrons. The van der Waals surface area contributed by atoms with E-state index >= 15 is 13.2 Å². The van der Waals surface area contributed by atoms with E-state index in [2.05, 4.69) is 121 Å². The second-order valence-corrected chi connectivity index (χ2v) is 48.0. The van der Waals surface area contributed by atoms with Crippen LogP contribution in [0, 0.1) is 37.0 Å². The normalized spacial score (nSPS) is 36.9. The molecule has 20 N–H and O–H groups in total. The number of fused-ring (bicyclic) bond motifs is 15. The Morgan fingerprint density at radius 1 is 0.420 bits per heavy atom. The molecule has 21 rings (SSSR count). The summed E-state index contributed by atoms with van der Waals surface area (Å²) < 4.78 is 173. The van der Waals surface area contributed by atoms with Crippen LogP contribution in [0.4, 0.5) is 48.1 Å². The number of terminal acetylenes is 3. The molecule has 12 aromatic heterocycles. The van der Waals surface area contributed by atoms with Crippen LogP contribution in [0.5, 0.6) is 0 Å². The minimum absolute atomic E-state index is 0.0298. The van der Waals surface area contributed by atoms with Gasteiger partial charge in [0.05, 0.1) is 75.7 Å². The number of hydrogen-bond donors (Lipinski definition) is 15. The Hall–Kier alpha value is -9.12. The summed E-state index contributed by atoms with van der Waals surface area (Å²) >= 11 is 30.3. The Kier molecular flexibility index (Phi) is 26.0. The van der Waals surface area contributed by atoms with Crippen molar-refractivity contribution in [3.8, 4) is 37.0 Å². The van der Waals surface area contributed by atoms with Gasteiger partial charge in [0.25, 0.3) is 16.7 Å². The number of nitrogens with one attached hydrogen (secondary N) is 3. The van der Waals surface area contributed by atoms with Crippen LogP contribution in [0.2, 0.25) is 0 Å². The first-order valence-corrected chi connectivity index (χ1v) is 55.4. The topological polar surface area (TPSA) is 762 Å². The number of rotatable bonds is 6. The number of hydrogen-bond acceptors (Lipinski definition) is 48. The number of anilines is 6. The number of halogens is 3.